The number of nitrogens with zero attached hydrogens (tertiary/aromatic N) is 2. The van der Waals surface area contributed by atoms with Crippen LogP contribution in [0.2, 0.25) is 5.02 Å². The van der Waals surface area contributed by atoms with Gasteiger partial charge in [0.05, 0.1) is 28.2 Å². The maximum absolute atomic E-state index is 14.1. The van der Waals surface area contributed by atoms with E-state index in [1.165, 1.54) is 17.3 Å². The number of aromatic amines is 1. The van der Waals surface area contributed by atoms with Gasteiger partial charge in [0.25, 0.3) is 0 Å². The third-order valence-corrected chi connectivity index (χ3v) is 8.15. The summed E-state index contributed by atoms with van der Waals surface area (Å²) in [4.78, 5) is 11.6. The molecule has 2 aromatic carbocycles. The van der Waals surface area contributed by atoms with Gasteiger partial charge in [-0.2, -0.15) is 5.10 Å². The number of ether oxygens (including phenoxy) is 1. The number of benzene rings is 2. The Kier molecular flexibility index (Phi) is 5.77. The van der Waals surface area contributed by atoms with E-state index in [0.29, 0.717) is 26.1 Å². The Morgan fingerprint density at radius 2 is 1.86 bits per heavy atom. The van der Waals surface area contributed by atoms with Crippen LogP contribution in [0.3, 0.4) is 0 Å². The molecule has 182 valence electrons. The lowest BCUT2D eigenvalue weighted by molar-refractivity contribution is -0.142. The molecule has 4 aromatic rings. The summed E-state index contributed by atoms with van der Waals surface area (Å²) in [7, 11) is 0. The highest BCUT2D eigenvalue weighted by Crippen LogP contribution is 2.47. The summed E-state index contributed by atoms with van der Waals surface area (Å²) in [5, 5.41) is 19.1. The number of aliphatic carboxylic acids is 1. The van der Waals surface area contributed by atoms with Gasteiger partial charge >= 0.3 is 5.97 Å². The molecule has 0 radical (unpaired) electrons. The number of carboxylic acids is 1. The normalized spacial score (nSPS) is 21.7. The Morgan fingerprint density at radius 3 is 2.57 bits per heavy atom. The van der Waals surface area contributed by atoms with Crippen molar-refractivity contribution in [1.82, 2.24) is 14.8 Å². The van der Waals surface area contributed by atoms with E-state index in [0.717, 1.165) is 53.2 Å². The number of halogens is 2. The first-order valence-corrected chi connectivity index (χ1v) is 12.7. The second kappa shape index (κ2) is 8.95. The van der Waals surface area contributed by atoms with Gasteiger partial charge in [-0.25, -0.2) is 4.39 Å². The molecule has 2 aliphatic rings. The van der Waals surface area contributed by atoms with E-state index >= 15 is 0 Å². The van der Waals surface area contributed by atoms with Gasteiger partial charge in [-0.3, -0.25) is 9.89 Å². The highest BCUT2D eigenvalue weighted by molar-refractivity contribution is 6.30. The minimum Gasteiger partial charge on any atom is -0.481 e. The van der Waals surface area contributed by atoms with Gasteiger partial charge in [0.2, 0.25) is 0 Å². The summed E-state index contributed by atoms with van der Waals surface area (Å²) in [6, 6.07) is 9.21. The van der Waals surface area contributed by atoms with Crippen LogP contribution in [0.15, 0.2) is 36.5 Å². The van der Waals surface area contributed by atoms with Crippen LogP contribution in [0.25, 0.3) is 27.5 Å². The number of hydrogen-bond donors (Lipinski definition) is 2. The third-order valence-electron chi connectivity index (χ3n) is 7.86. The zero-order chi connectivity index (χ0) is 24.1. The van der Waals surface area contributed by atoms with E-state index in [-0.39, 0.29) is 22.8 Å². The van der Waals surface area contributed by atoms with Crippen LogP contribution in [0.1, 0.15) is 61.6 Å². The SMILES string of the molecule is O=C(O)C1CCC(c2c(C3CCOCC3)n(-c3ccc(F)c(Cl)c3)c3cc4cn[nH]c4cc23)CC1. The van der Waals surface area contributed by atoms with E-state index in [2.05, 4.69) is 26.9 Å². The summed E-state index contributed by atoms with van der Waals surface area (Å²) < 4.78 is 22.1. The summed E-state index contributed by atoms with van der Waals surface area (Å²) in [6.07, 6.45) is 6.64. The molecule has 8 heteroatoms. The van der Waals surface area contributed by atoms with Crippen LogP contribution in [0, 0.1) is 11.7 Å². The number of carbonyl (C=O) groups is 1. The maximum atomic E-state index is 14.1. The number of H-pyrrole nitrogens is 1. The van der Waals surface area contributed by atoms with Crippen molar-refractivity contribution >= 4 is 39.4 Å². The Morgan fingerprint density at radius 1 is 1.09 bits per heavy atom. The second-order valence-corrected chi connectivity index (χ2v) is 10.2. The van der Waals surface area contributed by atoms with E-state index in [9.17, 15) is 14.3 Å². The lowest BCUT2D eigenvalue weighted by Gasteiger charge is -2.31. The van der Waals surface area contributed by atoms with Gasteiger partial charge in [-0.1, -0.05) is 11.6 Å². The molecule has 2 fully saturated rings. The molecule has 0 spiro atoms. The number of nitrogens with one attached hydrogen (secondary N) is 1. The second-order valence-electron chi connectivity index (χ2n) is 9.83. The maximum Gasteiger partial charge on any atom is 0.306 e. The molecule has 1 aliphatic heterocycles. The Labute approximate surface area is 207 Å². The predicted octanol–water partition coefficient (Wildman–Crippen LogP) is 6.55. The molecule has 6 nitrogen and oxygen atoms in total. The Hall–Kier alpha value is -2.90. The molecular formula is C27H27ClFN3O3. The Bertz CT molecular complexity index is 1410. The van der Waals surface area contributed by atoms with Crippen LogP contribution < -0.4 is 0 Å². The minimum absolute atomic E-state index is 0.0928. The average molecular weight is 496 g/mol. The molecular weight excluding hydrogens is 469 g/mol. The topological polar surface area (TPSA) is 80.1 Å². The average Bonchev–Trinajstić information content (AvgIpc) is 3.46. The van der Waals surface area contributed by atoms with Crippen molar-refractivity contribution < 1.29 is 19.0 Å². The molecule has 0 amide bonds. The molecule has 1 saturated carbocycles. The highest BCUT2D eigenvalue weighted by atomic mass is 35.5. The largest absolute Gasteiger partial charge is 0.481 e. The Balaban J connectivity index is 1.62. The van der Waals surface area contributed by atoms with Gasteiger partial charge < -0.3 is 14.4 Å². The fraction of sp³-hybridized carbons (Fsp3) is 0.407. The number of hydrogen-bond acceptors (Lipinski definition) is 3. The smallest absolute Gasteiger partial charge is 0.306 e. The van der Waals surface area contributed by atoms with Gasteiger partial charge in [0, 0.05) is 41.3 Å². The zero-order valence-corrected chi connectivity index (χ0v) is 20.0. The molecule has 1 aliphatic carbocycles. The molecule has 2 aromatic heterocycles. The van der Waals surface area contributed by atoms with Crippen molar-refractivity contribution in [2.75, 3.05) is 13.2 Å². The molecule has 0 bridgehead atoms. The van der Waals surface area contributed by atoms with E-state index in [1.54, 1.807) is 12.1 Å². The number of rotatable bonds is 4. The lowest BCUT2D eigenvalue weighted by atomic mass is 9.76. The summed E-state index contributed by atoms with van der Waals surface area (Å²) in [6.45, 7) is 1.40. The first kappa shape index (κ1) is 22.6. The summed E-state index contributed by atoms with van der Waals surface area (Å²) in [5.74, 6) is -0.881. The van der Waals surface area contributed by atoms with Crippen molar-refractivity contribution in [2.45, 2.75) is 50.4 Å². The fourth-order valence-electron chi connectivity index (χ4n) is 6.10. The van der Waals surface area contributed by atoms with E-state index < -0.39 is 11.8 Å². The zero-order valence-electron chi connectivity index (χ0n) is 19.3. The van der Waals surface area contributed by atoms with Crippen LogP contribution in [0.4, 0.5) is 4.39 Å². The molecule has 6 rings (SSSR count). The first-order valence-electron chi connectivity index (χ1n) is 12.3. The lowest BCUT2D eigenvalue weighted by Crippen LogP contribution is -2.23. The van der Waals surface area contributed by atoms with Gasteiger partial charge in [-0.05, 0) is 80.3 Å². The van der Waals surface area contributed by atoms with Crippen molar-refractivity contribution in [2.24, 2.45) is 5.92 Å². The van der Waals surface area contributed by atoms with Crippen molar-refractivity contribution in [3.05, 3.63) is 58.6 Å². The molecule has 2 N–H and O–H groups in total. The third kappa shape index (κ3) is 3.91. The monoisotopic (exact) mass is 495 g/mol. The first-order chi connectivity index (χ1) is 17.0. The summed E-state index contributed by atoms with van der Waals surface area (Å²) in [5.41, 5.74) is 5.35. The van der Waals surface area contributed by atoms with Crippen LogP contribution >= 0.6 is 11.6 Å². The molecule has 35 heavy (non-hydrogen) atoms. The van der Waals surface area contributed by atoms with Crippen LogP contribution in [0.5, 0.6) is 0 Å². The molecule has 0 atom stereocenters. The number of fused-ring (bicyclic) bond motifs is 2. The van der Waals surface area contributed by atoms with E-state index in [1.807, 2.05) is 6.20 Å². The number of carboxylic acid groups (broad SMARTS) is 1. The molecule has 1 saturated heterocycles. The molecule has 3 heterocycles. The van der Waals surface area contributed by atoms with Gasteiger partial charge in [-0.15, -0.1) is 0 Å². The van der Waals surface area contributed by atoms with Crippen molar-refractivity contribution in [3.8, 4) is 5.69 Å². The van der Waals surface area contributed by atoms with Crippen LogP contribution in [-0.2, 0) is 9.53 Å². The fourth-order valence-corrected chi connectivity index (χ4v) is 6.28. The van der Waals surface area contributed by atoms with Crippen molar-refractivity contribution in [1.29, 1.82) is 0 Å². The quantitative estimate of drug-likeness (QED) is 0.336. The summed E-state index contributed by atoms with van der Waals surface area (Å²) >= 11 is 6.25. The van der Waals surface area contributed by atoms with Gasteiger partial charge in [0.15, 0.2) is 0 Å². The number of aromatic nitrogens is 3. The van der Waals surface area contributed by atoms with Gasteiger partial charge in [0.1, 0.15) is 5.82 Å². The predicted molar refractivity (Wildman–Crippen MR) is 133 cm³/mol. The highest BCUT2D eigenvalue weighted by Gasteiger charge is 2.34. The molecule has 0 unspecified atom stereocenters. The van der Waals surface area contributed by atoms with E-state index in [4.69, 9.17) is 16.3 Å². The standard InChI is InChI=1S/C27H27ClFN3O3/c28-21-12-19(5-6-22(21)29)32-24-11-18-14-30-31-23(18)13-20(24)25(26(32)16-7-9-35-10-8-16)15-1-3-17(4-2-15)27(33)34/h5-6,11-17H,1-4,7-10H2,(H,30,31)(H,33,34). The minimum atomic E-state index is -0.698. The van der Waals surface area contributed by atoms with Crippen LogP contribution in [-0.4, -0.2) is 39.1 Å². The van der Waals surface area contributed by atoms with Crippen molar-refractivity contribution in [3.63, 3.8) is 0 Å².